The molecule has 2 rings (SSSR count). The van der Waals surface area contributed by atoms with Crippen LogP contribution in [0.4, 0.5) is 5.69 Å². The Morgan fingerprint density at radius 2 is 1.68 bits per heavy atom. The number of rotatable bonds is 3. The Bertz CT molecular complexity index is 697. The summed E-state index contributed by atoms with van der Waals surface area (Å²) in [7, 11) is 2.40. The lowest BCUT2D eigenvalue weighted by Gasteiger charge is -2.26. The molecule has 1 aromatic carbocycles. The molecule has 9 nitrogen and oxygen atoms in total. The van der Waals surface area contributed by atoms with Gasteiger partial charge in [0.05, 0.1) is 31.0 Å². The summed E-state index contributed by atoms with van der Waals surface area (Å²) < 4.78 is 9.27. The number of piperazine rings is 1. The first kappa shape index (κ1) is 18.4. The minimum absolute atomic E-state index is 0.00299. The summed E-state index contributed by atoms with van der Waals surface area (Å²) in [4.78, 5) is 49.3. The third-order valence-corrected chi connectivity index (χ3v) is 3.69. The third-order valence-electron chi connectivity index (χ3n) is 3.69. The first-order valence-electron chi connectivity index (χ1n) is 7.59. The number of nitrogens with zero attached hydrogens (tertiary/aromatic N) is 1. The number of anilines is 1. The van der Waals surface area contributed by atoms with Gasteiger partial charge in [-0.05, 0) is 18.2 Å². The molecular formula is C16H19N3O6. The van der Waals surface area contributed by atoms with Crippen molar-refractivity contribution in [2.75, 3.05) is 45.7 Å². The molecule has 1 saturated heterocycles. The highest BCUT2D eigenvalue weighted by molar-refractivity contribution is 6.40. The fourth-order valence-corrected chi connectivity index (χ4v) is 2.37. The van der Waals surface area contributed by atoms with E-state index in [2.05, 4.69) is 20.1 Å². The first-order chi connectivity index (χ1) is 12.0. The quantitative estimate of drug-likeness (QED) is 0.565. The van der Waals surface area contributed by atoms with Crippen molar-refractivity contribution >= 4 is 29.4 Å². The van der Waals surface area contributed by atoms with Crippen molar-refractivity contribution in [1.29, 1.82) is 0 Å². The molecule has 1 fully saturated rings. The van der Waals surface area contributed by atoms with Gasteiger partial charge in [-0.25, -0.2) is 9.59 Å². The lowest BCUT2D eigenvalue weighted by molar-refractivity contribution is -0.143. The summed E-state index contributed by atoms with van der Waals surface area (Å²) >= 11 is 0. The molecule has 1 aliphatic rings. The predicted molar refractivity (Wildman–Crippen MR) is 87.2 cm³/mol. The maximum atomic E-state index is 12.2. The topological polar surface area (TPSA) is 114 Å². The maximum absolute atomic E-state index is 12.2. The van der Waals surface area contributed by atoms with Gasteiger partial charge in [-0.15, -0.1) is 0 Å². The fourth-order valence-electron chi connectivity index (χ4n) is 2.37. The van der Waals surface area contributed by atoms with Crippen LogP contribution in [0.15, 0.2) is 18.2 Å². The Hall–Kier alpha value is -2.94. The maximum Gasteiger partial charge on any atom is 0.339 e. The van der Waals surface area contributed by atoms with Gasteiger partial charge in [0.2, 0.25) is 0 Å². The molecule has 0 aromatic heterocycles. The summed E-state index contributed by atoms with van der Waals surface area (Å²) in [5.74, 6) is -2.95. The normalized spacial score (nSPS) is 13.8. The van der Waals surface area contributed by atoms with Crippen molar-refractivity contribution in [3.8, 4) is 0 Å². The second-order valence-electron chi connectivity index (χ2n) is 5.24. The molecule has 0 atom stereocenters. The van der Waals surface area contributed by atoms with E-state index in [4.69, 9.17) is 0 Å². The largest absolute Gasteiger partial charge is 0.465 e. The number of carbonyl (C=O) groups is 4. The molecule has 2 N–H and O–H groups in total. The van der Waals surface area contributed by atoms with Gasteiger partial charge in [-0.2, -0.15) is 0 Å². The Morgan fingerprint density at radius 3 is 2.28 bits per heavy atom. The number of benzene rings is 1. The zero-order valence-electron chi connectivity index (χ0n) is 14.0. The lowest BCUT2D eigenvalue weighted by Crippen LogP contribution is -2.50. The van der Waals surface area contributed by atoms with Crippen LogP contribution in [0.3, 0.4) is 0 Å². The smallest absolute Gasteiger partial charge is 0.339 e. The predicted octanol–water partition coefficient (Wildman–Crippen LogP) is -0.370. The second-order valence-corrected chi connectivity index (χ2v) is 5.24. The highest BCUT2D eigenvalue weighted by Crippen LogP contribution is 2.20. The van der Waals surface area contributed by atoms with Crippen LogP contribution in [0.5, 0.6) is 0 Å². The number of esters is 2. The van der Waals surface area contributed by atoms with Gasteiger partial charge < -0.3 is 25.0 Å². The average Bonchev–Trinajstić information content (AvgIpc) is 2.66. The molecule has 9 heteroatoms. The average molecular weight is 349 g/mol. The number of methoxy groups -OCH3 is 2. The molecule has 1 heterocycles. The van der Waals surface area contributed by atoms with Crippen molar-refractivity contribution in [3.05, 3.63) is 29.3 Å². The van der Waals surface area contributed by atoms with Gasteiger partial charge >= 0.3 is 23.8 Å². The van der Waals surface area contributed by atoms with Crippen LogP contribution in [0.25, 0.3) is 0 Å². The number of carbonyl (C=O) groups excluding carboxylic acids is 4. The monoisotopic (exact) mass is 349 g/mol. The van der Waals surface area contributed by atoms with Crippen molar-refractivity contribution < 1.29 is 28.7 Å². The van der Waals surface area contributed by atoms with Crippen LogP contribution in [0.2, 0.25) is 0 Å². The van der Waals surface area contributed by atoms with E-state index in [1.807, 2.05) is 0 Å². The van der Waals surface area contributed by atoms with Gasteiger partial charge in [0.1, 0.15) is 0 Å². The summed E-state index contributed by atoms with van der Waals surface area (Å²) in [5.41, 5.74) is 0.153. The van der Waals surface area contributed by atoms with Crippen molar-refractivity contribution in [1.82, 2.24) is 10.2 Å². The van der Waals surface area contributed by atoms with Crippen LogP contribution in [-0.2, 0) is 19.1 Å². The summed E-state index contributed by atoms with van der Waals surface area (Å²) in [6.07, 6.45) is 0. The van der Waals surface area contributed by atoms with Crippen LogP contribution >= 0.6 is 0 Å². The molecule has 1 aliphatic heterocycles. The van der Waals surface area contributed by atoms with E-state index in [1.165, 1.54) is 37.3 Å². The number of hydrogen-bond donors (Lipinski definition) is 2. The molecule has 134 valence electrons. The minimum atomic E-state index is -0.894. The zero-order chi connectivity index (χ0) is 18.4. The van der Waals surface area contributed by atoms with Crippen molar-refractivity contribution in [2.24, 2.45) is 0 Å². The summed E-state index contributed by atoms with van der Waals surface area (Å²) in [6.45, 7) is 2.03. The molecule has 0 aliphatic carbocycles. The van der Waals surface area contributed by atoms with Crippen molar-refractivity contribution in [3.63, 3.8) is 0 Å². The summed E-state index contributed by atoms with van der Waals surface area (Å²) in [5, 5.41) is 5.46. The van der Waals surface area contributed by atoms with E-state index in [0.29, 0.717) is 26.2 Å². The highest BCUT2D eigenvalue weighted by atomic mass is 16.5. The van der Waals surface area contributed by atoms with E-state index in [-0.39, 0.29) is 16.8 Å². The first-order valence-corrected chi connectivity index (χ1v) is 7.59. The Balaban J connectivity index is 2.25. The molecule has 0 saturated carbocycles. The second kappa shape index (κ2) is 8.25. The number of hydrogen-bond acceptors (Lipinski definition) is 7. The van der Waals surface area contributed by atoms with Crippen LogP contribution < -0.4 is 10.6 Å². The van der Waals surface area contributed by atoms with Gasteiger partial charge in [-0.1, -0.05) is 0 Å². The van der Waals surface area contributed by atoms with Crippen LogP contribution in [0, 0.1) is 0 Å². The van der Waals surface area contributed by atoms with Crippen molar-refractivity contribution in [2.45, 2.75) is 0 Å². The molecular weight excluding hydrogens is 330 g/mol. The Labute approximate surface area is 144 Å². The summed E-state index contributed by atoms with van der Waals surface area (Å²) in [6, 6.07) is 3.95. The number of ether oxygens (including phenoxy) is 2. The zero-order valence-corrected chi connectivity index (χ0v) is 14.0. The van der Waals surface area contributed by atoms with E-state index >= 15 is 0 Å². The van der Waals surface area contributed by atoms with E-state index in [0.717, 1.165) is 0 Å². The minimum Gasteiger partial charge on any atom is -0.465 e. The van der Waals surface area contributed by atoms with E-state index in [1.54, 1.807) is 0 Å². The van der Waals surface area contributed by atoms with Gasteiger partial charge in [-0.3, -0.25) is 9.59 Å². The Morgan fingerprint density at radius 1 is 1.04 bits per heavy atom. The molecule has 0 spiro atoms. The molecule has 0 bridgehead atoms. The standard InChI is InChI=1S/C16H19N3O6/c1-24-15(22)10-3-4-11(16(23)25-2)12(9-10)18-13(20)14(21)19-7-5-17-6-8-19/h3-4,9,17H,5-8H2,1-2H3,(H,18,20). The molecule has 1 aromatic rings. The molecule has 2 amide bonds. The number of nitrogens with one attached hydrogen (secondary N) is 2. The van der Waals surface area contributed by atoms with Crippen LogP contribution in [0.1, 0.15) is 20.7 Å². The number of amides is 2. The fraction of sp³-hybridized carbons (Fsp3) is 0.375. The lowest BCUT2D eigenvalue weighted by atomic mass is 10.1. The van der Waals surface area contributed by atoms with Crippen LogP contribution in [-0.4, -0.2) is 69.1 Å². The van der Waals surface area contributed by atoms with Gasteiger partial charge in [0.15, 0.2) is 0 Å². The molecule has 0 unspecified atom stereocenters. The van der Waals surface area contributed by atoms with Gasteiger partial charge in [0, 0.05) is 26.2 Å². The molecule has 25 heavy (non-hydrogen) atoms. The van der Waals surface area contributed by atoms with Gasteiger partial charge in [0.25, 0.3) is 0 Å². The SMILES string of the molecule is COC(=O)c1ccc(C(=O)OC)c(NC(=O)C(=O)N2CCNCC2)c1. The third kappa shape index (κ3) is 4.32. The Kier molecular flexibility index (Phi) is 6.07. The van der Waals surface area contributed by atoms with E-state index in [9.17, 15) is 19.2 Å². The highest BCUT2D eigenvalue weighted by Gasteiger charge is 2.25. The van der Waals surface area contributed by atoms with E-state index < -0.39 is 23.8 Å². The molecule has 0 radical (unpaired) electrons.